The molecule has 0 aliphatic heterocycles. The van der Waals surface area contributed by atoms with Gasteiger partial charge in [0.2, 0.25) is 5.95 Å². The Morgan fingerprint density at radius 1 is 1.04 bits per heavy atom. The quantitative estimate of drug-likeness (QED) is 0.546. The van der Waals surface area contributed by atoms with Crippen molar-refractivity contribution in [3.63, 3.8) is 0 Å². The summed E-state index contributed by atoms with van der Waals surface area (Å²) in [6.45, 7) is 0. The van der Waals surface area contributed by atoms with Crippen molar-refractivity contribution in [1.29, 1.82) is 0 Å². The second kappa shape index (κ2) is 7.45. The fourth-order valence-electron chi connectivity index (χ4n) is 2.48. The molecule has 10 heteroatoms. The zero-order valence-corrected chi connectivity index (χ0v) is 15.4. The average Bonchev–Trinajstić information content (AvgIpc) is 3.27. The van der Waals surface area contributed by atoms with E-state index in [1.165, 1.54) is 36.7 Å². The highest BCUT2D eigenvalue weighted by atomic mass is 32.1. The molecule has 0 atom stereocenters. The number of hydrogen-bond acceptors (Lipinski definition) is 8. The number of anilines is 1. The van der Waals surface area contributed by atoms with E-state index in [2.05, 4.69) is 35.8 Å². The molecular formula is C18H13N7O2S. The van der Waals surface area contributed by atoms with Gasteiger partial charge in [-0.05, 0) is 18.2 Å². The number of hydrogen-bond donors (Lipinski definition) is 2. The first kappa shape index (κ1) is 17.6. The molecule has 3 aromatic heterocycles. The maximum Gasteiger partial charge on any atom is 0.269 e. The van der Waals surface area contributed by atoms with Crippen LogP contribution in [0.4, 0.5) is 5.95 Å². The summed E-state index contributed by atoms with van der Waals surface area (Å²) in [7, 11) is 1.51. The SMILES string of the molecule is CNC(=O)c1ccc(C(=O)Nc2ncc3ccc(-c4nncs4)cc3n2)cn1. The summed E-state index contributed by atoms with van der Waals surface area (Å²) in [5, 5.41) is 14.6. The van der Waals surface area contributed by atoms with E-state index >= 15 is 0 Å². The lowest BCUT2D eigenvalue weighted by molar-refractivity contribution is 0.0955. The number of carbonyl (C=O) groups is 2. The third-order valence-electron chi connectivity index (χ3n) is 3.90. The van der Waals surface area contributed by atoms with Gasteiger partial charge in [-0.1, -0.05) is 23.5 Å². The zero-order chi connectivity index (χ0) is 19.5. The fraction of sp³-hybridized carbons (Fsp3) is 0.0556. The van der Waals surface area contributed by atoms with Crippen LogP contribution in [0.25, 0.3) is 21.5 Å². The standard InChI is InChI=1S/C18H13N7O2S/c1-19-16(27)13-5-4-12(8-20-13)15(26)24-18-21-7-11-3-2-10(6-14(11)23-18)17-25-22-9-28-17/h2-9H,1H3,(H,19,27)(H,21,23,24,26). The molecule has 0 saturated carbocycles. The van der Waals surface area contributed by atoms with Gasteiger partial charge >= 0.3 is 0 Å². The number of nitrogens with one attached hydrogen (secondary N) is 2. The molecule has 138 valence electrons. The molecule has 0 aliphatic carbocycles. The third kappa shape index (κ3) is 3.53. The molecule has 1 aromatic carbocycles. The summed E-state index contributed by atoms with van der Waals surface area (Å²) >= 11 is 1.43. The molecule has 3 heterocycles. The molecule has 4 aromatic rings. The van der Waals surface area contributed by atoms with Crippen molar-refractivity contribution in [2.45, 2.75) is 0 Å². The van der Waals surface area contributed by atoms with Crippen LogP contribution in [0.1, 0.15) is 20.8 Å². The van der Waals surface area contributed by atoms with Crippen LogP contribution in [0.2, 0.25) is 0 Å². The van der Waals surface area contributed by atoms with Crippen molar-refractivity contribution in [2.24, 2.45) is 0 Å². The molecule has 0 saturated heterocycles. The minimum Gasteiger partial charge on any atom is -0.354 e. The molecule has 0 fully saturated rings. The number of rotatable bonds is 4. The molecule has 0 bridgehead atoms. The topological polar surface area (TPSA) is 123 Å². The number of aromatic nitrogens is 5. The van der Waals surface area contributed by atoms with Crippen LogP contribution < -0.4 is 10.6 Å². The molecule has 0 radical (unpaired) electrons. The summed E-state index contributed by atoms with van der Waals surface area (Å²) < 4.78 is 0. The highest BCUT2D eigenvalue weighted by Crippen LogP contribution is 2.24. The van der Waals surface area contributed by atoms with Gasteiger partial charge in [0, 0.05) is 30.4 Å². The lowest BCUT2D eigenvalue weighted by atomic mass is 10.1. The van der Waals surface area contributed by atoms with Crippen molar-refractivity contribution in [1.82, 2.24) is 30.5 Å². The molecule has 0 spiro atoms. The Labute approximate surface area is 162 Å². The lowest BCUT2D eigenvalue weighted by Crippen LogP contribution is -2.20. The minimum absolute atomic E-state index is 0.169. The van der Waals surface area contributed by atoms with Crippen molar-refractivity contribution in [3.8, 4) is 10.6 Å². The van der Waals surface area contributed by atoms with E-state index in [9.17, 15) is 9.59 Å². The Kier molecular flexibility index (Phi) is 4.68. The van der Waals surface area contributed by atoms with Gasteiger partial charge in [0.05, 0.1) is 11.1 Å². The second-order valence-electron chi connectivity index (χ2n) is 5.68. The highest BCUT2D eigenvalue weighted by molar-refractivity contribution is 7.12. The van der Waals surface area contributed by atoms with Crippen molar-refractivity contribution < 1.29 is 9.59 Å². The van der Waals surface area contributed by atoms with E-state index in [-0.39, 0.29) is 17.5 Å². The molecule has 28 heavy (non-hydrogen) atoms. The lowest BCUT2D eigenvalue weighted by Gasteiger charge is -2.06. The molecule has 4 rings (SSSR count). The first-order chi connectivity index (χ1) is 13.6. The Bertz CT molecular complexity index is 1160. The summed E-state index contributed by atoms with van der Waals surface area (Å²) in [4.78, 5) is 36.5. The Morgan fingerprint density at radius 3 is 2.64 bits per heavy atom. The largest absolute Gasteiger partial charge is 0.354 e. The summed E-state index contributed by atoms with van der Waals surface area (Å²) in [5.41, 5.74) is 3.74. The number of nitrogens with zero attached hydrogens (tertiary/aromatic N) is 5. The molecule has 9 nitrogen and oxygen atoms in total. The van der Waals surface area contributed by atoms with Crippen LogP contribution >= 0.6 is 11.3 Å². The first-order valence-electron chi connectivity index (χ1n) is 8.17. The number of amides is 2. The van der Waals surface area contributed by atoms with Gasteiger partial charge in [0.25, 0.3) is 11.8 Å². The third-order valence-corrected chi connectivity index (χ3v) is 4.64. The average molecular weight is 391 g/mol. The molecule has 0 aliphatic rings. The highest BCUT2D eigenvalue weighted by Gasteiger charge is 2.12. The number of pyridine rings is 1. The summed E-state index contributed by atoms with van der Waals surface area (Å²) in [6.07, 6.45) is 2.96. The predicted octanol–water partition coefficient (Wildman–Crippen LogP) is 2.16. The Morgan fingerprint density at radius 2 is 1.93 bits per heavy atom. The fourth-order valence-corrected chi connectivity index (χ4v) is 3.03. The zero-order valence-electron chi connectivity index (χ0n) is 14.6. The van der Waals surface area contributed by atoms with Gasteiger partial charge in [0.15, 0.2) is 0 Å². The van der Waals surface area contributed by atoms with Crippen molar-refractivity contribution >= 4 is 40.0 Å². The van der Waals surface area contributed by atoms with Crippen molar-refractivity contribution in [2.75, 3.05) is 12.4 Å². The van der Waals surface area contributed by atoms with Crippen LogP contribution in [0.3, 0.4) is 0 Å². The van der Waals surface area contributed by atoms with Crippen LogP contribution in [0.15, 0.2) is 48.2 Å². The van der Waals surface area contributed by atoms with E-state index in [1.54, 1.807) is 11.7 Å². The Balaban J connectivity index is 1.57. The molecule has 2 N–H and O–H groups in total. The van der Waals surface area contributed by atoms with Crippen LogP contribution in [-0.4, -0.2) is 44.0 Å². The monoisotopic (exact) mass is 391 g/mol. The van der Waals surface area contributed by atoms with E-state index in [4.69, 9.17) is 0 Å². The number of carbonyl (C=O) groups excluding carboxylic acids is 2. The van der Waals surface area contributed by atoms with Crippen LogP contribution in [0, 0.1) is 0 Å². The summed E-state index contributed by atoms with van der Waals surface area (Å²) in [5.74, 6) is -0.575. The maximum absolute atomic E-state index is 12.4. The van der Waals surface area contributed by atoms with E-state index in [0.717, 1.165) is 16.0 Å². The van der Waals surface area contributed by atoms with Crippen molar-refractivity contribution in [3.05, 3.63) is 59.5 Å². The second-order valence-corrected chi connectivity index (χ2v) is 6.51. The number of fused-ring (bicyclic) bond motifs is 1. The van der Waals surface area contributed by atoms with Gasteiger partial charge in [-0.3, -0.25) is 19.9 Å². The normalized spacial score (nSPS) is 10.6. The Hall–Kier alpha value is -3.79. The van der Waals surface area contributed by atoms with E-state index in [1.807, 2.05) is 18.2 Å². The molecule has 2 amide bonds. The van der Waals surface area contributed by atoms with Crippen LogP contribution in [-0.2, 0) is 0 Å². The van der Waals surface area contributed by atoms with Gasteiger partial charge in [-0.2, -0.15) is 0 Å². The van der Waals surface area contributed by atoms with Gasteiger partial charge < -0.3 is 5.32 Å². The van der Waals surface area contributed by atoms with Gasteiger partial charge in [-0.15, -0.1) is 10.2 Å². The minimum atomic E-state index is -0.421. The predicted molar refractivity (Wildman–Crippen MR) is 104 cm³/mol. The van der Waals surface area contributed by atoms with Gasteiger partial charge in [-0.25, -0.2) is 9.97 Å². The smallest absolute Gasteiger partial charge is 0.269 e. The summed E-state index contributed by atoms with van der Waals surface area (Å²) in [6, 6.07) is 8.67. The van der Waals surface area contributed by atoms with Crippen LogP contribution in [0.5, 0.6) is 0 Å². The molecular weight excluding hydrogens is 378 g/mol. The first-order valence-corrected chi connectivity index (χ1v) is 9.05. The van der Waals surface area contributed by atoms with E-state index < -0.39 is 5.91 Å². The number of benzene rings is 1. The molecule has 0 unspecified atom stereocenters. The maximum atomic E-state index is 12.4. The van der Waals surface area contributed by atoms with E-state index in [0.29, 0.717) is 11.1 Å². The van der Waals surface area contributed by atoms with Gasteiger partial charge in [0.1, 0.15) is 16.2 Å².